The van der Waals surface area contributed by atoms with Crippen LogP contribution in [0.15, 0.2) is 34.9 Å². The second kappa shape index (κ2) is 4.57. The first kappa shape index (κ1) is 8.70. The molecule has 0 spiro atoms. The average Bonchev–Trinajstić information content (AvgIpc) is 1.83. The molecule has 0 saturated carbocycles. The van der Waals surface area contributed by atoms with Crippen molar-refractivity contribution < 1.29 is 0 Å². The van der Waals surface area contributed by atoms with E-state index in [1.165, 1.54) is 5.57 Å². The van der Waals surface area contributed by atoms with Gasteiger partial charge in [-0.2, -0.15) is 0 Å². The fourth-order valence-corrected chi connectivity index (χ4v) is 0.446. The molecule has 0 aromatic carbocycles. The first-order valence-electron chi connectivity index (χ1n) is 2.80. The fourth-order valence-electron chi connectivity index (χ4n) is 0.314. The molecule has 0 heterocycles. The maximum Gasteiger partial charge on any atom is 0.0169 e. The molecule has 0 unspecified atom stereocenters. The van der Waals surface area contributed by atoms with Crippen molar-refractivity contribution in [3.05, 3.63) is 34.9 Å². The Bertz CT molecular complexity index is 148. The molecule has 0 rings (SSSR count). The number of hydrogen-bond donors (Lipinski definition) is 0. The molecule has 0 amide bonds. The molecule has 0 aliphatic heterocycles. The Morgan fingerprint density at radius 3 is 2.22 bits per heavy atom. The molecule has 0 nitrogen and oxygen atoms in total. The van der Waals surface area contributed by atoms with Gasteiger partial charge in [0.05, 0.1) is 0 Å². The van der Waals surface area contributed by atoms with Gasteiger partial charge in [-0.1, -0.05) is 40.2 Å². The van der Waals surface area contributed by atoms with Gasteiger partial charge < -0.3 is 0 Å². The largest absolute Gasteiger partial charge is 0.0979 e. The Morgan fingerprint density at radius 2 is 1.89 bits per heavy atom. The molecule has 0 aliphatic rings. The molecule has 9 heavy (non-hydrogen) atoms. The minimum atomic E-state index is 1.02. The molecule has 0 aromatic heterocycles. The predicted molar refractivity (Wildman–Crippen MR) is 46.6 cm³/mol. The lowest BCUT2D eigenvalue weighted by Gasteiger charge is -1.84. The summed E-state index contributed by atoms with van der Waals surface area (Å²) in [4.78, 5) is 0. The summed E-state index contributed by atoms with van der Waals surface area (Å²) in [7, 11) is 0. The van der Waals surface area contributed by atoms with Gasteiger partial charge in [-0.05, 0) is 19.9 Å². The van der Waals surface area contributed by atoms with Gasteiger partial charge in [0, 0.05) is 4.48 Å². The number of allylic oxidation sites excluding steroid dienone is 5. The van der Waals surface area contributed by atoms with E-state index in [1.807, 2.05) is 12.2 Å². The van der Waals surface area contributed by atoms with Crippen LogP contribution in [0.4, 0.5) is 0 Å². The smallest absolute Gasteiger partial charge is 0.0169 e. The van der Waals surface area contributed by atoms with E-state index in [4.69, 9.17) is 0 Å². The number of rotatable bonds is 2. The van der Waals surface area contributed by atoms with Crippen molar-refractivity contribution in [1.29, 1.82) is 0 Å². The van der Waals surface area contributed by atoms with Crippen LogP contribution in [0.25, 0.3) is 0 Å². The molecule has 0 atom stereocenters. The lowest BCUT2D eigenvalue weighted by atomic mass is 10.3. The number of hydrogen-bond acceptors (Lipinski definition) is 0. The van der Waals surface area contributed by atoms with Gasteiger partial charge in [0.1, 0.15) is 0 Å². The molecule has 0 aromatic rings. The Balaban J connectivity index is 3.98. The van der Waals surface area contributed by atoms with Crippen molar-refractivity contribution in [2.24, 2.45) is 0 Å². The van der Waals surface area contributed by atoms with Gasteiger partial charge in [0.25, 0.3) is 0 Å². The first-order valence-corrected chi connectivity index (χ1v) is 3.59. The fraction of sp³-hybridized carbons (Fsp3) is 0.250. The van der Waals surface area contributed by atoms with Crippen LogP contribution in [0.2, 0.25) is 0 Å². The highest BCUT2D eigenvalue weighted by atomic mass is 79.9. The minimum absolute atomic E-state index is 1.02. The third kappa shape index (κ3) is 5.57. The minimum Gasteiger partial charge on any atom is -0.0979 e. The molecule has 1 heteroatoms. The Labute approximate surface area is 65.1 Å². The molecule has 0 saturated heterocycles. The van der Waals surface area contributed by atoms with Crippen molar-refractivity contribution in [3.63, 3.8) is 0 Å². The molecule has 0 aliphatic carbocycles. The van der Waals surface area contributed by atoms with Crippen LogP contribution in [0.3, 0.4) is 0 Å². The van der Waals surface area contributed by atoms with E-state index in [9.17, 15) is 0 Å². The molecular weight excluding hydrogens is 176 g/mol. The molecule has 0 fully saturated rings. The zero-order valence-electron chi connectivity index (χ0n) is 5.82. The second-order valence-electron chi connectivity index (χ2n) is 2.00. The summed E-state index contributed by atoms with van der Waals surface area (Å²) in [5, 5.41) is 0. The lowest BCUT2D eigenvalue weighted by molar-refractivity contribution is 1.39. The third-order valence-electron chi connectivity index (χ3n) is 0.771. The Morgan fingerprint density at radius 1 is 1.33 bits per heavy atom. The van der Waals surface area contributed by atoms with Crippen LogP contribution in [0.1, 0.15) is 13.8 Å². The number of halogens is 1. The maximum absolute atomic E-state index is 3.59. The van der Waals surface area contributed by atoms with E-state index < -0.39 is 0 Å². The van der Waals surface area contributed by atoms with Gasteiger partial charge >= 0.3 is 0 Å². The summed E-state index contributed by atoms with van der Waals surface area (Å²) in [5.74, 6) is 0. The van der Waals surface area contributed by atoms with Crippen molar-refractivity contribution >= 4 is 15.9 Å². The van der Waals surface area contributed by atoms with Gasteiger partial charge in [-0.3, -0.25) is 0 Å². The van der Waals surface area contributed by atoms with Crippen molar-refractivity contribution in [2.75, 3.05) is 0 Å². The predicted octanol–water partition coefficient (Wildman–Crippen LogP) is 3.42. The lowest BCUT2D eigenvalue weighted by Crippen LogP contribution is -1.61. The van der Waals surface area contributed by atoms with Crippen LogP contribution in [-0.2, 0) is 0 Å². The molecular formula is C8H11Br. The van der Waals surface area contributed by atoms with E-state index >= 15 is 0 Å². The van der Waals surface area contributed by atoms with Crippen molar-refractivity contribution in [2.45, 2.75) is 13.8 Å². The van der Waals surface area contributed by atoms with Gasteiger partial charge in [0.15, 0.2) is 0 Å². The molecule has 0 N–H and O–H groups in total. The van der Waals surface area contributed by atoms with E-state index in [0.717, 1.165) is 4.48 Å². The maximum atomic E-state index is 3.59. The monoisotopic (exact) mass is 186 g/mol. The summed E-state index contributed by atoms with van der Waals surface area (Å²) in [6.07, 6.45) is 5.77. The van der Waals surface area contributed by atoms with E-state index in [1.54, 1.807) is 6.08 Å². The summed E-state index contributed by atoms with van der Waals surface area (Å²) in [6.45, 7) is 7.70. The standard InChI is InChI=1S/C8H11Br/c1-4-8(9)6-5-7(2)3/h4-6H,1H2,2-3H3. The highest BCUT2D eigenvalue weighted by Gasteiger charge is 1.76. The Kier molecular flexibility index (Phi) is 4.41. The summed E-state index contributed by atoms with van der Waals surface area (Å²) < 4.78 is 1.02. The summed E-state index contributed by atoms with van der Waals surface area (Å²) in [6, 6.07) is 0. The van der Waals surface area contributed by atoms with E-state index in [2.05, 4.69) is 36.4 Å². The van der Waals surface area contributed by atoms with Gasteiger partial charge in [-0.25, -0.2) is 0 Å². The second-order valence-corrected chi connectivity index (χ2v) is 2.92. The van der Waals surface area contributed by atoms with E-state index in [-0.39, 0.29) is 0 Å². The summed E-state index contributed by atoms with van der Waals surface area (Å²) >= 11 is 3.30. The SMILES string of the molecule is C=CC(Br)=CC=C(C)C. The Hall–Kier alpha value is -0.300. The normalized spacial score (nSPS) is 10.8. The van der Waals surface area contributed by atoms with Crippen molar-refractivity contribution in [1.82, 2.24) is 0 Å². The van der Waals surface area contributed by atoms with Crippen molar-refractivity contribution in [3.8, 4) is 0 Å². The highest BCUT2D eigenvalue weighted by molar-refractivity contribution is 9.11. The highest BCUT2D eigenvalue weighted by Crippen LogP contribution is 2.05. The molecule has 0 bridgehead atoms. The van der Waals surface area contributed by atoms with Crippen LogP contribution < -0.4 is 0 Å². The van der Waals surface area contributed by atoms with Gasteiger partial charge in [0.2, 0.25) is 0 Å². The van der Waals surface area contributed by atoms with Crippen LogP contribution in [0, 0.1) is 0 Å². The topological polar surface area (TPSA) is 0 Å². The average molecular weight is 187 g/mol. The zero-order chi connectivity index (χ0) is 7.28. The van der Waals surface area contributed by atoms with Crippen LogP contribution in [0.5, 0.6) is 0 Å². The first-order chi connectivity index (χ1) is 4.16. The zero-order valence-corrected chi connectivity index (χ0v) is 7.40. The molecule has 50 valence electrons. The van der Waals surface area contributed by atoms with Crippen LogP contribution >= 0.6 is 15.9 Å². The summed E-state index contributed by atoms with van der Waals surface area (Å²) in [5.41, 5.74) is 1.29. The van der Waals surface area contributed by atoms with Gasteiger partial charge in [-0.15, -0.1) is 0 Å². The molecule has 0 radical (unpaired) electrons. The van der Waals surface area contributed by atoms with Crippen LogP contribution in [-0.4, -0.2) is 0 Å². The van der Waals surface area contributed by atoms with E-state index in [0.29, 0.717) is 0 Å². The quantitative estimate of drug-likeness (QED) is 0.581. The third-order valence-corrected chi connectivity index (χ3v) is 1.36.